The average molecular weight is 434 g/mol. The van der Waals surface area contributed by atoms with Gasteiger partial charge < -0.3 is 10.2 Å². The van der Waals surface area contributed by atoms with Gasteiger partial charge in [-0.25, -0.2) is 4.39 Å². The molecule has 1 N–H and O–H groups in total. The lowest BCUT2D eigenvalue weighted by Crippen LogP contribution is -2.46. The zero-order chi connectivity index (χ0) is 19.2. The Bertz CT molecular complexity index is 773. The molecule has 0 unspecified atom stereocenters. The maximum atomic E-state index is 13.3. The van der Waals surface area contributed by atoms with Crippen molar-refractivity contribution in [2.45, 2.75) is 19.9 Å². The molecule has 0 saturated carbocycles. The van der Waals surface area contributed by atoms with E-state index < -0.39 is 0 Å². The first-order valence-corrected chi connectivity index (χ1v) is 10.0. The van der Waals surface area contributed by atoms with Crippen LogP contribution in [-0.4, -0.2) is 43.5 Å². The number of amides is 1. The van der Waals surface area contributed by atoms with Gasteiger partial charge in [-0.2, -0.15) is 0 Å². The average Bonchev–Trinajstić information content (AvgIpc) is 2.64. The molecule has 2 aromatic rings. The van der Waals surface area contributed by atoms with Gasteiger partial charge in [0, 0.05) is 50.7 Å². The minimum Gasteiger partial charge on any atom is -0.368 e. The fourth-order valence-electron chi connectivity index (χ4n) is 3.34. The lowest BCUT2D eigenvalue weighted by atomic mass is 10.1. The summed E-state index contributed by atoms with van der Waals surface area (Å²) in [6, 6.07) is 13.5. The Balaban J connectivity index is 1.48. The number of benzene rings is 2. The van der Waals surface area contributed by atoms with Crippen LogP contribution >= 0.6 is 15.9 Å². The molecule has 4 nitrogen and oxygen atoms in total. The van der Waals surface area contributed by atoms with E-state index in [4.69, 9.17) is 0 Å². The molecule has 27 heavy (non-hydrogen) atoms. The van der Waals surface area contributed by atoms with Crippen LogP contribution in [0.2, 0.25) is 0 Å². The third-order valence-electron chi connectivity index (χ3n) is 4.84. The lowest BCUT2D eigenvalue weighted by molar-refractivity contribution is -0.118. The Morgan fingerprint density at radius 2 is 1.74 bits per heavy atom. The van der Waals surface area contributed by atoms with Crippen molar-refractivity contribution in [3.63, 3.8) is 0 Å². The highest BCUT2D eigenvalue weighted by Gasteiger charge is 2.19. The molecule has 1 aliphatic heterocycles. The molecule has 1 heterocycles. The summed E-state index contributed by atoms with van der Waals surface area (Å²) in [6.07, 6.45) is 0.852. The van der Waals surface area contributed by atoms with Gasteiger partial charge in [0.25, 0.3) is 0 Å². The van der Waals surface area contributed by atoms with Gasteiger partial charge in [0.15, 0.2) is 0 Å². The Hall–Kier alpha value is -1.92. The number of hydrogen-bond donors (Lipinski definition) is 1. The predicted octanol–water partition coefficient (Wildman–Crippen LogP) is 3.59. The number of nitrogens with one attached hydrogen (secondary N) is 1. The van der Waals surface area contributed by atoms with Crippen LogP contribution in [0.25, 0.3) is 0 Å². The second-order valence-corrected chi connectivity index (χ2v) is 7.76. The quantitative estimate of drug-likeness (QED) is 0.755. The monoisotopic (exact) mass is 433 g/mol. The Morgan fingerprint density at radius 1 is 1.07 bits per heavy atom. The Morgan fingerprint density at radius 3 is 2.37 bits per heavy atom. The molecule has 1 aliphatic rings. The van der Waals surface area contributed by atoms with E-state index in [1.165, 1.54) is 30.2 Å². The molecular weight excluding hydrogens is 409 g/mol. The van der Waals surface area contributed by atoms with Crippen molar-refractivity contribution in [2.24, 2.45) is 0 Å². The number of carbonyl (C=O) groups excluding carboxylic acids is 1. The third kappa shape index (κ3) is 5.78. The van der Waals surface area contributed by atoms with Crippen molar-refractivity contribution in [3.8, 4) is 0 Å². The molecule has 1 saturated heterocycles. The van der Waals surface area contributed by atoms with Gasteiger partial charge in [-0.15, -0.1) is 0 Å². The minimum atomic E-state index is -0.218. The largest absolute Gasteiger partial charge is 0.368 e. The van der Waals surface area contributed by atoms with E-state index in [-0.39, 0.29) is 11.7 Å². The van der Waals surface area contributed by atoms with Crippen LogP contribution in [0.15, 0.2) is 46.9 Å². The van der Waals surface area contributed by atoms with E-state index in [9.17, 15) is 9.18 Å². The van der Waals surface area contributed by atoms with Gasteiger partial charge in [0.05, 0.1) is 5.69 Å². The first-order chi connectivity index (χ1) is 13.0. The topological polar surface area (TPSA) is 35.6 Å². The fraction of sp³-hybridized carbons (Fsp3) is 0.381. The van der Waals surface area contributed by atoms with E-state index in [1.54, 1.807) is 0 Å². The zero-order valence-corrected chi connectivity index (χ0v) is 17.1. The molecule has 0 radical (unpaired) electrons. The van der Waals surface area contributed by atoms with Crippen LogP contribution in [0.4, 0.5) is 10.1 Å². The maximum Gasteiger partial charge on any atom is 0.216 e. The zero-order valence-electron chi connectivity index (χ0n) is 15.5. The number of carbonyl (C=O) groups is 1. The molecule has 3 rings (SSSR count). The van der Waals surface area contributed by atoms with E-state index in [0.29, 0.717) is 6.54 Å². The van der Waals surface area contributed by atoms with Crippen LogP contribution in [0.1, 0.15) is 18.1 Å². The van der Waals surface area contributed by atoms with Gasteiger partial charge in [-0.05, 0) is 51.7 Å². The maximum absolute atomic E-state index is 13.3. The number of rotatable bonds is 6. The first kappa shape index (κ1) is 19.8. The van der Waals surface area contributed by atoms with Crippen LogP contribution in [0, 0.1) is 5.82 Å². The Kier molecular flexibility index (Phi) is 6.85. The van der Waals surface area contributed by atoms with Crippen molar-refractivity contribution >= 4 is 27.5 Å². The number of piperazine rings is 1. The SMILES string of the molecule is CC(=O)NCCc1ccc(CN2CCN(c3ccc(F)cc3Br)CC2)cc1. The van der Waals surface area contributed by atoms with Crippen LogP contribution in [0.3, 0.4) is 0 Å². The molecule has 144 valence electrons. The summed E-state index contributed by atoms with van der Waals surface area (Å²) in [4.78, 5) is 15.7. The molecule has 2 aromatic carbocycles. The predicted molar refractivity (Wildman–Crippen MR) is 110 cm³/mol. The van der Waals surface area contributed by atoms with E-state index >= 15 is 0 Å². The molecule has 1 amide bonds. The molecule has 0 bridgehead atoms. The van der Waals surface area contributed by atoms with Crippen molar-refractivity contribution in [3.05, 3.63) is 63.9 Å². The highest BCUT2D eigenvalue weighted by Crippen LogP contribution is 2.28. The van der Waals surface area contributed by atoms with Crippen LogP contribution in [0.5, 0.6) is 0 Å². The van der Waals surface area contributed by atoms with Crippen LogP contribution < -0.4 is 10.2 Å². The summed E-state index contributed by atoms with van der Waals surface area (Å²) in [5, 5.41) is 2.82. The summed E-state index contributed by atoms with van der Waals surface area (Å²) < 4.78 is 14.1. The number of hydrogen-bond acceptors (Lipinski definition) is 3. The standard InChI is InChI=1S/C21H25BrFN3O/c1-16(27)24-9-8-17-2-4-18(5-3-17)15-25-10-12-26(13-11-25)21-7-6-19(23)14-20(21)22/h2-7,14H,8-13,15H2,1H3,(H,24,27). The van der Waals surface area contributed by atoms with Gasteiger partial charge in [0.2, 0.25) is 5.91 Å². The molecule has 6 heteroatoms. The first-order valence-electron chi connectivity index (χ1n) is 9.26. The van der Waals surface area contributed by atoms with Crippen molar-refractivity contribution in [2.75, 3.05) is 37.6 Å². The summed E-state index contributed by atoms with van der Waals surface area (Å²) in [6.45, 7) is 6.97. The van der Waals surface area contributed by atoms with E-state index in [0.717, 1.165) is 49.3 Å². The second-order valence-electron chi connectivity index (χ2n) is 6.91. The fourth-order valence-corrected chi connectivity index (χ4v) is 3.94. The van der Waals surface area contributed by atoms with Crippen molar-refractivity contribution < 1.29 is 9.18 Å². The Labute approximate surface area is 168 Å². The summed E-state index contributed by atoms with van der Waals surface area (Å²) in [7, 11) is 0. The number of halogens is 2. The van der Waals surface area contributed by atoms with E-state index in [1.807, 2.05) is 6.07 Å². The van der Waals surface area contributed by atoms with Crippen LogP contribution in [-0.2, 0) is 17.8 Å². The van der Waals surface area contributed by atoms with E-state index in [2.05, 4.69) is 55.3 Å². The normalized spacial score (nSPS) is 15.0. The number of anilines is 1. The molecular formula is C21H25BrFN3O. The lowest BCUT2D eigenvalue weighted by Gasteiger charge is -2.36. The van der Waals surface area contributed by atoms with Crippen molar-refractivity contribution in [1.82, 2.24) is 10.2 Å². The second kappa shape index (κ2) is 9.33. The van der Waals surface area contributed by atoms with Crippen molar-refractivity contribution in [1.29, 1.82) is 0 Å². The number of nitrogens with zero attached hydrogens (tertiary/aromatic N) is 2. The third-order valence-corrected chi connectivity index (χ3v) is 5.47. The highest BCUT2D eigenvalue weighted by molar-refractivity contribution is 9.10. The van der Waals surface area contributed by atoms with Gasteiger partial charge in [-0.3, -0.25) is 9.69 Å². The minimum absolute atomic E-state index is 0.0124. The summed E-state index contributed by atoms with van der Waals surface area (Å²) >= 11 is 3.47. The van der Waals surface area contributed by atoms with Gasteiger partial charge >= 0.3 is 0 Å². The summed E-state index contributed by atoms with van der Waals surface area (Å²) in [5.74, 6) is -0.205. The van der Waals surface area contributed by atoms with Gasteiger partial charge in [-0.1, -0.05) is 24.3 Å². The van der Waals surface area contributed by atoms with Gasteiger partial charge in [0.1, 0.15) is 5.82 Å². The smallest absolute Gasteiger partial charge is 0.216 e. The molecule has 0 aromatic heterocycles. The highest BCUT2D eigenvalue weighted by atomic mass is 79.9. The summed E-state index contributed by atoms with van der Waals surface area (Å²) in [5.41, 5.74) is 3.59. The molecule has 0 spiro atoms. The molecule has 0 aliphatic carbocycles. The molecule has 0 atom stereocenters. The molecule has 1 fully saturated rings.